The van der Waals surface area contributed by atoms with E-state index in [-0.39, 0.29) is 11.9 Å². The van der Waals surface area contributed by atoms with Crippen molar-refractivity contribution < 1.29 is 13.9 Å². The van der Waals surface area contributed by atoms with Crippen molar-refractivity contribution in [2.24, 2.45) is 0 Å². The first kappa shape index (κ1) is 17.1. The highest BCUT2D eigenvalue weighted by atomic mass is 16.5. The van der Waals surface area contributed by atoms with Gasteiger partial charge in [-0.05, 0) is 55.7 Å². The molecular weight excluding hydrogens is 352 g/mol. The van der Waals surface area contributed by atoms with Crippen LogP contribution in [0.3, 0.4) is 0 Å². The summed E-state index contributed by atoms with van der Waals surface area (Å²) in [6.45, 7) is 0. The van der Waals surface area contributed by atoms with E-state index < -0.39 is 0 Å². The minimum atomic E-state index is -0.160. The van der Waals surface area contributed by atoms with Crippen molar-refractivity contribution in [1.82, 2.24) is 10.6 Å². The molecule has 3 unspecified atom stereocenters. The Bertz CT molecular complexity index is 982. The number of para-hydroxylation sites is 2. The standard InChI is InChI=1S/C23H22N2O3/c26-23(25-19-14-15-10-11-18(19)24-15)22-13-12-21(28-22)17-8-4-5-9-20(17)27-16-6-2-1-3-7-16/h1-9,12-13,15,18-19,24H,10-11,14H2,(H,25,26). The van der Waals surface area contributed by atoms with Gasteiger partial charge in [-0.3, -0.25) is 4.79 Å². The second kappa shape index (κ2) is 7.17. The van der Waals surface area contributed by atoms with E-state index >= 15 is 0 Å². The maximum atomic E-state index is 12.6. The van der Waals surface area contributed by atoms with Gasteiger partial charge in [0, 0.05) is 18.1 Å². The molecule has 0 radical (unpaired) electrons. The Kier molecular flexibility index (Phi) is 4.37. The number of benzene rings is 2. The highest BCUT2D eigenvalue weighted by Gasteiger charge is 2.40. The second-order valence-corrected chi connectivity index (χ2v) is 7.44. The quantitative estimate of drug-likeness (QED) is 0.696. The van der Waals surface area contributed by atoms with E-state index in [1.54, 1.807) is 6.07 Å². The summed E-state index contributed by atoms with van der Waals surface area (Å²) in [6, 6.07) is 22.0. The molecule has 3 atom stereocenters. The summed E-state index contributed by atoms with van der Waals surface area (Å²) in [6.07, 6.45) is 3.33. The van der Waals surface area contributed by atoms with Gasteiger partial charge >= 0.3 is 0 Å². The smallest absolute Gasteiger partial charge is 0.287 e. The summed E-state index contributed by atoms with van der Waals surface area (Å²) in [5.74, 6) is 2.22. The molecule has 142 valence electrons. The number of fused-ring (bicyclic) bond motifs is 2. The summed E-state index contributed by atoms with van der Waals surface area (Å²) in [5, 5.41) is 6.65. The highest BCUT2D eigenvalue weighted by Crippen LogP contribution is 2.34. The minimum Gasteiger partial charge on any atom is -0.457 e. The summed E-state index contributed by atoms with van der Waals surface area (Å²) in [7, 11) is 0. The molecule has 2 aromatic carbocycles. The molecule has 2 saturated heterocycles. The van der Waals surface area contributed by atoms with Gasteiger partial charge in [0.2, 0.25) is 0 Å². The molecule has 2 fully saturated rings. The summed E-state index contributed by atoms with van der Waals surface area (Å²) in [5.41, 5.74) is 0.812. The molecule has 2 aliphatic heterocycles. The number of carbonyl (C=O) groups excluding carboxylic acids is 1. The average molecular weight is 374 g/mol. The number of hydrogen-bond acceptors (Lipinski definition) is 4. The topological polar surface area (TPSA) is 63.5 Å². The lowest BCUT2D eigenvalue weighted by Crippen LogP contribution is -2.42. The third kappa shape index (κ3) is 3.29. The number of rotatable bonds is 5. The molecular formula is C23H22N2O3. The van der Waals surface area contributed by atoms with Crippen LogP contribution in [0.2, 0.25) is 0 Å². The maximum absolute atomic E-state index is 12.6. The number of ether oxygens (including phenoxy) is 1. The number of furan rings is 1. The van der Waals surface area contributed by atoms with Crippen LogP contribution in [0.15, 0.2) is 71.1 Å². The van der Waals surface area contributed by atoms with Gasteiger partial charge in [0.1, 0.15) is 17.3 Å². The van der Waals surface area contributed by atoms with Gasteiger partial charge in [0.15, 0.2) is 5.76 Å². The van der Waals surface area contributed by atoms with Crippen LogP contribution < -0.4 is 15.4 Å². The van der Waals surface area contributed by atoms with Crippen LogP contribution in [0.4, 0.5) is 0 Å². The molecule has 2 N–H and O–H groups in total. The number of hydrogen-bond donors (Lipinski definition) is 2. The van der Waals surface area contributed by atoms with Gasteiger partial charge in [-0.2, -0.15) is 0 Å². The van der Waals surface area contributed by atoms with Crippen molar-refractivity contribution in [2.45, 2.75) is 37.4 Å². The van der Waals surface area contributed by atoms with Crippen molar-refractivity contribution in [1.29, 1.82) is 0 Å². The molecule has 28 heavy (non-hydrogen) atoms. The van der Waals surface area contributed by atoms with E-state index in [1.165, 1.54) is 6.42 Å². The third-order valence-corrected chi connectivity index (χ3v) is 5.57. The largest absolute Gasteiger partial charge is 0.457 e. The third-order valence-electron chi connectivity index (χ3n) is 5.57. The van der Waals surface area contributed by atoms with Gasteiger partial charge in [-0.25, -0.2) is 0 Å². The molecule has 5 nitrogen and oxygen atoms in total. The summed E-state index contributed by atoms with van der Waals surface area (Å²) >= 11 is 0. The first-order valence-electron chi connectivity index (χ1n) is 9.75. The molecule has 0 aliphatic carbocycles. The Labute approximate surface area is 163 Å². The van der Waals surface area contributed by atoms with E-state index in [2.05, 4.69) is 10.6 Å². The Morgan fingerprint density at radius 1 is 1.00 bits per heavy atom. The van der Waals surface area contributed by atoms with Gasteiger partial charge in [0.05, 0.1) is 5.56 Å². The van der Waals surface area contributed by atoms with E-state index in [0.29, 0.717) is 29.4 Å². The number of amides is 1. The maximum Gasteiger partial charge on any atom is 0.287 e. The minimum absolute atomic E-state index is 0.160. The van der Waals surface area contributed by atoms with Crippen molar-refractivity contribution in [3.05, 3.63) is 72.5 Å². The Morgan fingerprint density at radius 2 is 1.82 bits per heavy atom. The fourth-order valence-electron chi connectivity index (χ4n) is 4.20. The fourth-order valence-corrected chi connectivity index (χ4v) is 4.20. The lowest BCUT2D eigenvalue weighted by Gasteiger charge is -2.20. The van der Waals surface area contributed by atoms with Crippen molar-refractivity contribution in [3.8, 4) is 22.8 Å². The molecule has 5 heteroatoms. The zero-order valence-electron chi connectivity index (χ0n) is 15.4. The van der Waals surface area contributed by atoms with Crippen LogP contribution in [0.5, 0.6) is 11.5 Å². The Morgan fingerprint density at radius 3 is 2.61 bits per heavy atom. The molecule has 0 saturated carbocycles. The number of carbonyl (C=O) groups is 1. The van der Waals surface area contributed by atoms with Crippen molar-refractivity contribution in [2.75, 3.05) is 0 Å². The van der Waals surface area contributed by atoms with Crippen LogP contribution in [-0.2, 0) is 0 Å². The first-order valence-corrected chi connectivity index (χ1v) is 9.75. The van der Waals surface area contributed by atoms with Crippen LogP contribution in [0.25, 0.3) is 11.3 Å². The van der Waals surface area contributed by atoms with Crippen LogP contribution in [0, 0.1) is 0 Å². The Balaban J connectivity index is 1.34. The molecule has 3 aromatic rings. The van der Waals surface area contributed by atoms with Crippen LogP contribution in [0.1, 0.15) is 29.8 Å². The average Bonchev–Trinajstić information content (AvgIpc) is 3.46. The van der Waals surface area contributed by atoms with E-state index in [0.717, 1.165) is 24.2 Å². The van der Waals surface area contributed by atoms with Gasteiger partial charge in [-0.1, -0.05) is 30.3 Å². The molecule has 2 bridgehead atoms. The van der Waals surface area contributed by atoms with Crippen LogP contribution in [-0.4, -0.2) is 24.0 Å². The summed E-state index contributed by atoms with van der Waals surface area (Å²) in [4.78, 5) is 12.6. The SMILES string of the molecule is O=C(NC1CC2CCC1N2)c1ccc(-c2ccccc2Oc2ccccc2)o1. The van der Waals surface area contributed by atoms with Gasteiger partial charge in [-0.15, -0.1) is 0 Å². The predicted molar refractivity (Wildman–Crippen MR) is 106 cm³/mol. The summed E-state index contributed by atoms with van der Waals surface area (Å²) < 4.78 is 11.9. The normalized spacial score (nSPS) is 22.9. The van der Waals surface area contributed by atoms with Crippen LogP contribution >= 0.6 is 0 Å². The molecule has 1 aromatic heterocycles. The molecule has 0 spiro atoms. The lowest BCUT2D eigenvalue weighted by molar-refractivity contribution is 0.0903. The zero-order valence-corrected chi connectivity index (χ0v) is 15.4. The fraction of sp³-hybridized carbons (Fsp3) is 0.261. The Hall–Kier alpha value is -3.05. The zero-order chi connectivity index (χ0) is 18.9. The molecule has 5 rings (SSSR count). The van der Waals surface area contributed by atoms with E-state index in [9.17, 15) is 4.79 Å². The van der Waals surface area contributed by atoms with E-state index in [1.807, 2.05) is 60.7 Å². The van der Waals surface area contributed by atoms with Gasteiger partial charge in [0.25, 0.3) is 5.91 Å². The van der Waals surface area contributed by atoms with Gasteiger partial charge < -0.3 is 19.8 Å². The molecule has 3 heterocycles. The highest BCUT2D eigenvalue weighted by molar-refractivity contribution is 5.92. The second-order valence-electron chi connectivity index (χ2n) is 7.44. The first-order chi connectivity index (χ1) is 13.8. The monoisotopic (exact) mass is 374 g/mol. The van der Waals surface area contributed by atoms with Crippen molar-refractivity contribution in [3.63, 3.8) is 0 Å². The number of nitrogens with one attached hydrogen (secondary N) is 2. The predicted octanol–water partition coefficient (Wildman–Crippen LogP) is 4.36. The molecule has 1 amide bonds. The molecule has 2 aliphatic rings. The van der Waals surface area contributed by atoms with E-state index in [4.69, 9.17) is 9.15 Å². The van der Waals surface area contributed by atoms with Crippen molar-refractivity contribution >= 4 is 5.91 Å². The lowest BCUT2D eigenvalue weighted by atomic mass is 9.95.